The van der Waals surface area contributed by atoms with Gasteiger partial charge in [0.2, 0.25) is 0 Å². The standard InChI is InChI=1S/C49H33NOS/c1-3-16-32(17-4-1)49(40-24-11-7-20-35(40)36-21-8-12-25-41(36)49)42-31-34(30-39-37-22-9-13-27-44(37)51-48(39)42)50(33-18-5-2-6-19-33)43-26-15-29-46-47(43)38-23-10-14-28-45(38)52-46/h1-30,34H,31H2. The van der Waals surface area contributed by atoms with Crippen molar-refractivity contribution in [3.05, 3.63) is 203 Å². The molecule has 2 aromatic heterocycles. The second-order valence-electron chi connectivity index (χ2n) is 13.9. The summed E-state index contributed by atoms with van der Waals surface area (Å²) in [4.78, 5) is 2.59. The van der Waals surface area contributed by atoms with E-state index in [0.717, 1.165) is 22.8 Å². The van der Waals surface area contributed by atoms with Crippen LogP contribution in [0.1, 0.15) is 23.1 Å². The summed E-state index contributed by atoms with van der Waals surface area (Å²) in [6.45, 7) is 0. The second kappa shape index (κ2) is 11.4. The van der Waals surface area contributed by atoms with Gasteiger partial charge in [-0.2, -0.15) is 0 Å². The zero-order chi connectivity index (χ0) is 34.2. The molecular weight excluding hydrogens is 651 g/mol. The number of nitrogens with zero attached hydrogens (tertiary/aromatic N) is 1. The Balaban J connectivity index is 1.26. The summed E-state index contributed by atoms with van der Waals surface area (Å²) in [6.07, 6.45) is 3.24. The maximum Gasteiger partial charge on any atom is 0.136 e. The number of hydrogen-bond acceptors (Lipinski definition) is 3. The highest BCUT2D eigenvalue weighted by Crippen LogP contribution is 2.58. The maximum atomic E-state index is 7.06. The molecule has 0 radical (unpaired) electrons. The average Bonchev–Trinajstić information content (AvgIpc) is 3.88. The summed E-state index contributed by atoms with van der Waals surface area (Å²) >= 11 is 1.87. The smallest absolute Gasteiger partial charge is 0.136 e. The molecule has 11 rings (SSSR count). The molecule has 2 aliphatic carbocycles. The fraction of sp³-hybridized carbons (Fsp3) is 0.0612. The predicted molar refractivity (Wildman–Crippen MR) is 218 cm³/mol. The Labute approximate surface area is 305 Å². The molecule has 2 nitrogen and oxygen atoms in total. The van der Waals surface area contributed by atoms with Crippen molar-refractivity contribution in [2.24, 2.45) is 0 Å². The quantitative estimate of drug-likeness (QED) is 0.180. The zero-order valence-electron chi connectivity index (χ0n) is 28.4. The minimum absolute atomic E-state index is 0.0179. The summed E-state index contributed by atoms with van der Waals surface area (Å²) in [6, 6.07) is 64.3. The number of benzene rings is 7. The average molecular weight is 684 g/mol. The number of rotatable bonds is 5. The molecule has 0 spiro atoms. The molecule has 2 heterocycles. The van der Waals surface area contributed by atoms with E-state index in [1.54, 1.807) is 0 Å². The van der Waals surface area contributed by atoms with Crippen LogP contribution in [0.15, 0.2) is 180 Å². The van der Waals surface area contributed by atoms with E-state index in [2.05, 4.69) is 187 Å². The first-order chi connectivity index (χ1) is 25.8. The van der Waals surface area contributed by atoms with Crippen molar-refractivity contribution in [1.82, 2.24) is 0 Å². The van der Waals surface area contributed by atoms with Crippen molar-refractivity contribution in [2.45, 2.75) is 17.9 Å². The molecule has 1 atom stereocenters. The van der Waals surface area contributed by atoms with Crippen LogP contribution in [0, 0.1) is 0 Å². The third-order valence-corrected chi connectivity index (χ3v) is 12.4. The van der Waals surface area contributed by atoms with E-state index in [1.165, 1.54) is 70.2 Å². The number of thiophene rings is 1. The van der Waals surface area contributed by atoms with Crippen molar-refractivity contribution in [3.63, 3.8) is 0 Å². The summed E-state index contributed by atoms with van der Waals surface area (Å²) in [7, 11) is 0. The Bertz CT molecular complexity index is 2910. The Hall–Kier alpha value is -6.16. The summed E-state index contributed by atoms with van der Waals surface area (Å²) in [5.41, 5.74) is 11.5. The molecule has 7 aromatic carbocycles. The monoisotopic (exact) mass is 683 g/mol. The molecular formula is C49H33NOS. The summed E-state index contributed by atoms with van der Waals surface area (Å²) in [5.74, 6) is 0. The van der Waals surface area contributed by atoms with Crippen LogP contribution in [0.25, 0.3) is 53.9 Å². The van der Waals surface area contributed by atoms with Gasteiger partial charge in [0.05, 0.1) is 17.1 Å². The molecule has 1 unspecified atom stereocenters. The van der Waals surface area contributed by atoms with Crippen molar-refractivity contribution >= 4 is 65.5 Å². The van der Waals surface area contributed by atoms with Crippen molar-refractivity contribution in [1.29, 1.82) is 0 Å². The van der Waals surface area contributed by atoms with E-state index in [-0.39, 0.29) is 6.04 Å². The molecule has 52 heavy (non-hydrogen) atoms. The lowest BCUT2D eigenvalue weighted by Gasteiger charge is -2.40. The number of para-hydroxylation sites is 2. The fourth-order valence-corrected chi connectivity index (χ4v) is 10.4. The summed E-state index contributed by atoms with van der Waals surface area (Å²) < 4.78 is 9.67. The molecule has 9 aromatic rings. The lowest BCUT2D eigenvalue weighted by atomic mass is 9.65. The van der Waals surface area contributed by atoms with Gasteiger partial charge >= 0.3 is 0 Å². The Kier molecular flexibility index (Phi) is 6.50. The van der Waals surface area contributed by atoms with E-state index in [4.69, 9.17) is 4.42 Å². The van der Waals surface area contributed by atoms with E-state index in [9.17, 15) is 0 Å². The highest BCUT2D eigenvalue weighted by molar-refractivity contribution is 7.26. The molecule has 0 N–H and O–H groups in total. The predicted octanol–water partition coefficient (Wildman–Crippen LogP) is 11.4. The normalized spacial score (nSPS) is 15.7. The van der Waals surface area contributed by atoms with Gasteiger partial charge in [0.25, 0.3) is 0 Å². The third kappa shape index (κ3) is 4.11. The number of fused-ring (bicyclic) bond motifs is 9. The second-order valence-corrected chi connectivity index (χ2v) is 15.0. The maximum absolute atomic E-state index is 7.06. The highest BCUT2D eigenvalue weighted by Gasteiger charge is 2.49. The molecule has 0 amide bonds. The Morgan fingerprint density at radius 1 is 0.558 bits per heavy atom. The molecule has 0 fully saturated rings. The van der Waals surface area contributed by atoms with Crippen LogP contribution in [0.5, 0.6) is 0 Å². The lowest BCUT2D eigenvalue weighted by molar-refractivity contribution is 0.552. The van der Waals surface area contributed by atoms with Crippen molar-refractivity contribution in [2.75, 3.05) is 4.90 Å². The van der Waals surface area contributed by atoms with Gasteiger partial charge in [-0.15, -0.1) is 11.3 Å². The van der Waals surface area contributed by atoms with Gasteiger partial charge in [-0.05, 0) is 82.3 Å². The van der Waals surface area contributed by atoms with Gasteiger partial charge in [0.1, 0.15) is 11.0 Å². The minimum atomic E-state index is -0.562. The molecule has 3 heteroatoms. The number of hydrogen-bond donors (Lipinski definition) is 0. The minimum Gasteiger partial charge on any atom is -0.456 e. The van der Waals surface area contributed by atoms with Crippen LogP contribution >= 0.6 is 11.3 Å². The summed E-state index contributed by atoms with van der Waals surface area (Å²) in [5, 5.41) is 4.92. The van der Waals surface area contributed by atoms with Crippen molar-refractivity contribution in [3.8, 4) is 11.1 Å². The first-order valence-corrected chi connectivity index (χ1v) is 18.8. The lowest BCUT2D eigenvalue weighted by Crippen LogP contribution is -2.45. The van der Waals surface area contributed by atoms with Gasteiger partial charge in [0.15, 0.2) is 0 Å². The van der Waals surface area contributed by atoms with Crippen LogP contribution < -0.4 is 15.5 Å². The van der Waals surface area contributed by atoms with Gasteiger partial charge in [0, 0.05) is 36.5 Å². The fourth-order valence-electron chi connectivity index (χ4n) is 9.29. The van der Waals surface area contributed by atoms with Gasteiger partial charge in [-0.3, -0.25) is 0 Å². The number of anilines is 2. The van der Waals surface area contributed by atoms with Crippen molar-refractivity contribution < 1.29 is 4.42 Å². The molecule has 246 valence electrons. The Morgan fingerprint density at radius 2 is 1.17 bits per heavy atom. The molecule has 0 saturated carbocycles. The van der Waals surface area contributed by atoms with Crippen LogP contribution in [0.3, 0.4) is 0 Å². The third-order valence-electron chi connectivity index (χ3n) is 11.3. The molecule has 0 bridgehead atoms. The van der Waals surface area contributed by atoms with E-state index >= 15 is 0 Å². The zero-order valence-corrected chi connectivity index (χ0v) is 29.2. The SMILES string of the molecule is C1=c2c(oc3ccccc23)=C(C2(c3ccccc3)c3ccccc3-c3ccccc32)CC1N(c1ccccc1)c1cccc2sc3ccccc3c12. The van der Waals surface area contributed by atoms with Gasteiger partial charge in [-0.1, -0.05) is 140 Å². The first-order valence-electron chi connectivity index (χ1n) is 18.0. The van der Waals surface area contributed by atoms with Gasteiger partial charge < -0.3 is 9.32 Å². The van der Waals surface area contributed by atoms with E-state index in [1.807, 2.05) is 11.3 Å². The highest BCUT2D eigenvalue weighted by atomic mass is 32.1. The molecule has 2 aliphatic rings. The van der Waals surface area contributed by atoms with E-state index < -0.39 is 5.41 Å². The molecule has 0 saturated heterocycles. The van der Waals surface area contributed by atoms with E-state index in [0.29, 0.717) is 0 Å². The largest absolute Gasteiger partial charge is 0.456 e. The first kappa shape index (κ1) is 29.6. The topological polar surface area (TPSA) is 16.4 Å². The van der Waals surface area contributed by atoms with Crippen LogP contribution in [0.2, 0.25) is 0 Å². The Morgan fingerprint density at radius 3 is 1.94 bits per heavy atom. The van der Waals surface area contributed by atoms with Crippen LogP contribution in [-0.4, -0.2) is 6.04 Å². The van der Waals surface area contributed by atoms with Crippen LogP contribution in [-0.2, 0) is 5.41 Å². The molecule has 0 aliphatic heterocycles. The number of furan rings is 1. The van der Waals surface area contributed by atoms with Crippen LogP contribution in [0.4, 0.5) is 11.4 Å². The van der Waals surface area contributed by atoms with Gasteiger partial charge in [-0.25, -0.2) is 0 Å².